The lowest BCUT2D eigenvalue weighted by atomic mass is 9.95. The molecule has 0 amide bonds. The minimum atomic E-state index is 0.415. The van der Waals surface area contributed by atoms with Gasteiger partial charge in [-0.2, -0.15) is 0 Å². The molecule has 1 N–H and O–H groups in total. The van der Waals surface area contributed by atoms with Crippen molar-refractivity contribution < 1.29 is 9.47 Å². The van der Waals surface area contributed by atoms with Crippen molar-refractivity contribution in [3.05, 3.63) is 28.3 Å². The van der Waals surface area contributed by atoms with E-state index in [4.69, 9.17) is 21.1 Å². The van der Waals surface area contributed by atoms with E-state index in [0.29, 0.717) is 18.2 Å². The second kappa shape index (κ2) is 4.65. The van der Waals surface area contributed by atoms with Gasteiger partial charge >= 0.3 is 0 Å². The van der Waals surface area contributed by atoms with Gasteiger partial charge in [-0.05, 0) is 37.0 Å². The lowest BCUT2D eigenvalue weighted by molar-refractivity contribution is 0.0972. The first-order valence-electron chi connectivity index (χ1n) is 7.12. The van der Waals surface area contributed by atoms with Crippen molar-refractivity contribution in [3.8, 4) is 5.75 Å². The van der Waals surface area contributed by atoms with Crippen LogP contribution in [0.1, 0.15) is 30.4 Å². The van der Waals surface area contributed by atoms with Crippen LogP contribution in [0.5, 0.6) is 5.75 Å². The quantitative estimate of drug-likeness (QED) is 0.923. The number of ether oxygens (including phenoxy) is 2. The average molecular weight is 280 g/mol. The fraction of sp³-hybridized carbons (Fsp3) is 0.600. The van der Waals surface area contributed by atoms with Gasteiger partial charge in [-0.3, -0.25) is 0 Å². The Hall–Kier alpha value is -0.770. The summed E-state index contributed by atoms with van der Waals surface area (Å²) >= 11 is 6.18. The van der Waals surface area contributed by atoms with Crippen molar-refractivity contribution in [1.29, 1.82) is 0 Å². The minimum Gasteiger partial charge on any atom is -0.493 e. The van der Waals surface area contributed by atoms with Gasteiger partial charge in [0.25, 0.3) is 0 Å². The second-order valence-electron chi connectivity index (χ2n) is 5.75. The molecule has 0 spiro atoms. The van der Waals surface area contributed by atoms with Gasteiger partial charge in [-0.1, -0.05) is 11.6 Å². The highest BCUT2D eigenvalue weighted by atomic mass is 35.5. The Labute approximate surface area is 118 Å². The SMILES string of the molecule is Clc1cc2c(c(CNC3CC4CCC3O4)c1)OCC2. The molecule has 3 nitrogen and oxygen atoms in total. The molecule has 2 saturated heterocycles. The van der Waals surface area contributed by atoms with Crippen LogP contribution >= 0.6 is 11.6 Å². The van der Waals surface area contributed by atoms with Gasteiger partial charge in [0, 0.05) is 29.6 Å². The molecule has 1 aromatic rings. The molecule has 0 aromatic heterocycles. The first-order chi connectivity index (χ1) is 9.29. The molecule has 3 aliphatic heterocycles. The monoisotopic (exact) mass is 279 g/mol. The van der Waals surface area contributed by atoms with E-state index < -0.39 is 0 Å². The molecule has 4 rings (SSSR count). The zero-order valence-electron chi connectivity index (χ0n) is 10.8. The first kappa shape index (κ1) is 12.0. The van der Waals surface area contributed by atoms with Crippen LogP contribution in [-0.2, 0) is 17.7 Å². The Bertz CT molecular complexity index is 505. The summed E-state index contributed by atoms with van der Waals surface area (Å²) in [6.07, 6.45) is 5.46. The van der Waals surface area contributed by atoms with Crippen LogP contribution in [-0.4, -0.2) is 24.9 Å². The van der Waals surface area contributed by atoms with Crippen molar-refractivity contribution in [1.82, 2.24) is 5.32 Å². The topological polar surface area (TPSA) is 30.5 Å². The summed E-state index contributed by atoms with van der Waals surface area (Å²) in [5, 5.41) is 4.43. The van der Waals surface area contributed by atoms with Crippen LogP contribution in [0.2, 0.25) is 5.02 Å². The van der Waals surface area contributed by atoms with Crippen molar-refractivity contribution in [2.24, 2.45) is 0 Å². The molecular weight excluding hydrogens is 262 g/mol. The van der Waals surface area contributed by atoms with E-state index >= 15 is 0 Å². The highest BCUT2D eigenvalue weighted by molar-refractivity contribution is 6.30. The maximum absolute atomic E-state index is 6.18. The lowest BCUT2D eigenvalue weighted by Crippen LogP contribution is -2.37. The third kappa shape index (κ3) is 2.14. The van der Waals surface area contributed by atoms with E-state index in [1.165, 1.54) is 24.0 Å². The third-order valence-corrected chi connectivity index (χ3v) is 4.70. The number of hydrogen-bond donors (Lipinski definition) is 1. The predicted octanol–water partition coefficient (Wildman–Crippen LogP) is 2.68. The zero-order chi connectivity index (χ0) is 12.8. The maximum Gasteiger partial charge on any atom is 0.127 e. The van der Waals surface area contributed by atoms with Crippen LogP contribution < -0.4 is 10.1 Å². The average Bonchev–Trinajstić information content (AvgIpc) is 3.10. The van der Waals surface area contributed by atoms with Gasteiger partial charge < -0.3 is 14.8 Å². The van der Waals surface area contributed by atoms with E-state index in [-0.39, 0.29) is 0 Å². The summed E-state index contributed by atoms with van der Waals surface area (Å²) in [6, 6.07) is 4.54. The van der Waals surface area contributed by atoms with Crippen molar-refractivity contribution in [3.63, 3.8) is 0 Å². The van der Waals surface area contributed by atoms with Crippen LogP contribution in [0.25, 0.3) is 0 Å². The molecule has 0 aliphatic carbocycles. The summed E-state index contributed by atoms with van der Waals surface area (Å²) < 4.78 is 11.6. The summed E-state index contributed by atoms with van der Waals surface area (Å²) in [4.78, 5) is 0. The van der Waals surface area contributed by atoms with E-state index in [1.54, 1.807) is 0 Å². The summed E-state index contributed by atoms with van der Waals surface area (Å²) in [7, 11) is 0. The Kier molecular flexibility index (Phi) is 2.94. The molecule has 3 atom stereocenters. The van der Waals surface area contributed by atoms with Crippen LogP contribution in [0, 0.1) is 0 Å². The minimum absolute atomic E-state index is 0.415. The highest BCUT2D eigenvalue weighted by Gasteiger charge is 2.40. The van der Waals surface area contributed by atoms with Gasteiger partial charge in [0.15, 0.2) is 0 Å². The second-order valence-corrected chi connectivity index (χ2v) is 6.19. The van der Waals surface area contributed by atoms with Crippen molar-refractivity contribution in [2.45, 2.75) is 50.5 Å². The molecule has 2 fully saturated rings. The molecule has 0 saturated carbocycles. The fourth-order valence-electron chi connectivity index (χ4n) is 3.57. The standard InChI is InChI=1S/C15H18ClNO2/c16-11-5-9-3-4-18-15(9)10(6-11)8-17-13-7-12-1-2-14(13)19-12/h5-6,12-14,17H,1-4,7-8H2. The van der Waals surface area contributed by atoms with Crippen LogP contribution in [0.3, 0.4) is 0 Å². The van der Waals surface area contributed by atoms with Gasteiger partial charge in [0.05, 0.1) is 18.8 Å². The number of benzene rings is 1. The van der Waals surface area contributed by atoms with Gasteiger partial charge in [0.2, 0.25) is 0 Å². The third-order valence-electron chi connectivity index (χ3n) is 4.49. The zero-order valence-corrected chi connectivity index (χ0v) is 11.6. The van der Waals surface area contributed by atoms with Crippen molar-refractivity contribution in [2.75, 3.05) is 6.61 Å². The van der Waals surface area contributed by atoms with Crippen molar-refractivity contribution >= 4 is 11.6 Å². The van der Waals surface area contributed by atoms with Gasteiger partial charge in [-0.15, -0.1) is 0 Å². The molecule has 4 heteroatoms. The molecule has 3 heterocycles. The maximum atomic E-state index is 6.18. The molecular formula is C15H18ClNO2. The van der Waals surface area contributed by atoms with E-state index in [2.05, 4.69) is 5.32 Å². The molecule has 1 aromatic carbocycles. The first-order valence-corrected chi connectivity index (χ1v) is 7.50. The molecule has 3 aliphatic rings. The lowest BCUT2D eigenvalue weighted by Gasteiger charge is -2.20. The fourth-order valence-corrected chi connectivity index (χ4v) is 3.83. The van der Waals surface area contributed by atoms with E-state index in [1.807, 2.05) is 12.1 Å². The Balaban J connectivity index is 1.48. The van der Waals surface area contributed by atoms with E-state index in [9.17, 15) is 0 Å². The van der Waals surface area contributed by atoms with Crippen LogP contribution in [0.15, 0.2) is 12.1 Å². The summed E-state index contributed by atoms with van der Waals surface area (Å²) in [5.41, 5.74) is 2.43. The number of fused-ring (bicyclic) bond motifs is 3. The largest absolute Gasteiger partial charge is 0.493 e. The summed E-state index contributed by atoms with van der Waals surface area (Å²) in [6.45, 7) is 1.60. The molecule has 0 radical (unpaired) electrons. The molecule has 2 bridgehead atoms. The predicted molar refractivity (Wildman–Crippen MR) is 73.8 cm³/mol. The molecule has 3 unspecified atom stereocenters. The van der Waals surface area contributed by atoms with Gasteiger partial charge in [0.1, 0.15) is 5.75 Å². The molecule has 102 valence electrons. The van der Waals surface area contributed by atoms with Gasteiger partial charge in [-0.25, -0.2) is 0 Å². The Morgan fingerprint density at radius 2 is 2.26 bits per heavy atom. The highest BCUT2D eigenvalue weighted by Crippen LogP contribution is 2.36. The normalized spacial score (nSPS) is 31.5. The number of rotatable bonds is 3. The van der Waals surface area contributed by atoms with Crippen LogP contribution in [0.4, 0.5) is 0 Å². The number of halogens is 1. The smallest absolute Gasteiger partial charge is 0.127 e. The number of nitrogens with one attached hydrogen (secondary N) is 1. The summed E-state index contributed by atoms with van der Waals surface area (Å²) in [5.74, 6) is 1.04. The Morgan fingerprint density at radius 3 is 3.05 bits per heavy atom. The molecule has 19 heavy (non-hydrogen) atoms. The number of hydrogen-bond acceptors (Lipinski definition) is 3. The Morgan fingerprint density at radius 1 is 1.32 bits per heavy atom. The van der Waals surface area contributed by atoms with E-state index in [0.717, 1.165) is 36.8 Å².